The summed E-state index contributed by atoms with van der Waals surface area (Å²) >= 11 is 0. The van der Waals surface area contributed by atoms with Gasteiger partial charge in [0.15, 0.2) is 0 Å². The van der Waals surface area contributed by atoms with E-state index in [0.29, 0.717) is 13.0 Å². The number of nitrogens with one attached hydrogen (secondary N) is 1. The summed E-state index contributed by atoms with van der Waals surface area (Å²) in [5.41, 5.74) is 0.973. The molecule has 0 aliphatic carbocycles. The summed E-state index contributed by atoms with van der Waals surface area (Å²) in [6.07, 6.45) is 3.57. The van der Waals surface area contributed by atoms with Crippen LogP contribution in [-0.2, 0) is 20.9 Å². The zero-order valence-corrected chi connectivity index (χ0v) is 10.9. The van der Waals surface area contributed by atoms with Crippen molar-refractivity contribution in [2.45, 2.75) is 44.8 Å². The second-order valence-electron chi connectivity index (χ2n) is 4.86. The van der Waals surface area contributed by atoms with Gasteiger partial charge >= 0.3 is 5.97 Å². The molecule has 1 aliphatic heterocycles. The minimum atomic E-state index is -0.254. The summed E-state index contributed by atoms with van der Waals surface area (Å²) in [6, 6.07) is 9.51. The molecule has 1 aromatic rings. The van der Waals surface area contributed by atoms with E-state index >= 15 is 0 Å². The van der Waals surface area contributed by atoms with Crippen molar-refractivity contribution < 1.29 is 14.3 Å². The molecule has 1 heterocycles. The fourth-order valence-corrected chi connectivity index (χ4v) is 2.20. The van der Waals surface area contributed by atoms with Crippen LogP contribution in [0.3, 0.4) is 0 Å². The second-order valence-corrected chi connectivity index (χ2v) is 4.86. The molecule has 19 heavy (non-hydrogen) atoms. The molecule has 1 aliphatic rings. The lowest BCUT2D eigenvalue weighted by Gasteiger charge is -2.14. The van der Waals surface area contributed by atoms with Crippen molar-refractivity contribution in [1.82, 2.24) is 5.32 Å². The van der Waals surface area contributed by atoms with Gasteiger partial charge < -0.3 is 10.1 Å². The van der Waals surface area contributed by atoms with Gasteiger partial charge in [-0.2, -0.15) is 0 Å². The normalized spacial score (nSPS) is 19.4. The number of hydrogen-bond acceptors (Lipinski definition) is 3. The maximum atomic E-state index is 11.7. The largest absolute Gasteiger partial charge is 0.461 e. The van der Waals surface area contributed by atoms with E-state index in [-0.39, 0.29) is 24.3 Å². The number of carbonyl (C=O) groups excluding carboxylic acids is 2. The average Bonchev–Trinajstić information content (AvgIpc) is 2.62. The third kappa shape index (κ3) is 4.73. The van der Waals surface area contributed by atoms with Crippen molar-refractivity contribution in [1.29, 1.82) is 0 Å². The molecule has 0 radical (unpaired) electrons. The Labute approximate surface area is 113 Å². The Balaban J connectivity index is 1.76. The van der Waals surface area contributed by atoms with E-state index in [2.05, 4.69) is 5.32 Å². The number of hydrogen-bond donors (Lipinski definition) is 1. The van der Waals surface area contributed by atoms with Crippen molar-refractivity contribution in [3.63, 3.8) is 0 Å². The first-order chi connectivity index (χ1) is 9.24. The SMILES string of the molecule is O=C1CCCCC(CC(=O)OCc2ccccc2)N1. The number of esters is 1. The van der Waals surface area contributed by atoms with Gasteiger partial charge in [-0.05, 0) is 18.4 Å². The number of benzene rings is 1. The van der Waals surface area contributed by atoms with Gasteiger partial charge in [-0.15, -0.1) is 0 Å². The van der Waals surface area contributed by atoms with E-state index in [1.807, 2.05) is 30.3 Å². The van der Waals surface area contributed by atoms with E-state index in [1.54, 1.807) is 0 Å². The van der Waals surface area contributed by atoms with Crippen molar-refractivity contribution >= 4 is 11.9 Å². The molecule has 1 N–H and O–H groups in total. The Morgan fingerprint density at radius 1 is 1.26 bits per heavy atom. The molecule has 1 amide bonds. The fraction of sp³-hybridized carbons (Fsp3) is 0.467. The van der Waals surface area contributed by atoms with Crippen LogP contribution in [0.1, 0.15) is 37.7 Å². The number of carbonyl (C=O) groups is 2. The lowest BCUT2D eigenvalue weighted by molar-refractivity contribution is -0.145. The molecule has 1 saturated heterocycles. The molecule has 1 aromatic carbocycles. The summed E-state index contributed by atoms with van der Waals surface area (Å²) < 4.78 is 5.22. The number of ether oxygens (including phenoxy) is 1. The van der Waals surface area contributed by atoms with Crippen molar-refractivity contribution in [2.75, 3.05) is 0 Å². The molecule has 2 rings (SSSR count). The molecule has 1 unspecified atom stereocenters. The molecule has 0 aromatic heterocycles. The Morgan fingerprint density at radius 3 is 2.84 bits per heavy atom. The molecule has 4 heteroatoms. The van der Waals surface area contributed by atoms with E-state index in [9.17, 15) is 9.59 Å². The van der Waals surface area contributed by atoms with Crippen LogP contribution in [0.15, 0.2) is 30.3 Å². The van der Waals surface area contributed by atoms with Crippen LogP contribution in [0.25, 0.3) is 0 Å². The maximum absolute atomic E-state index is 11.7. The van der Waals surface area contributed by atoms with E-state index in [0.717, 1.165) is 24.8 Å². The highest BCUT2D eigenvalue weighted by molar-refractivity contribution is 5.78. The standard InChI is InChI=1S/C15H19NO3/c17-14-9-5-4-8-13(16-14)10-15(18)19-11-12-6-2-1-3-7-12/h1-3,6-7,13H,4-5,8-11H2,(H,16,17). The minimum absolute atomic E-state index is 0.0401. The van der Waals surface area contributed by atoms with E-state index in [4.69, 9.17) is 4.74 Å². The van der Waals surface area contributed by atoms with Crippen LogP contribution >= 0.6 is 0 Å². The van der Waals surface area contributed by atoms with Gasteiger partial charge in [0, 0.05) is 12.5 Å². The lowest BCUT2D eigenvalue weighted by Crippen LogP contribution is -2.34. The average molecular weight is 261 g/mol. The molecule has 0 bridgehead atoms. The highest BCUT2D eigenvalue weighted by atomic mass is 16.5. The van der Waals surface area contributed by atoms with E-state index in [1.165, 1.54) is 0 Å². The van der Waals surface area contributed by atoms with Gasteiger partial charge in [0.1, 0.15) is 6.61 Å². The molecule has 4 nitrogen and oxygen atoms in total. The molecule has 0 spiro atoms. The van der Waals surface area contributed by atoms with Crippen molar-refractivity contribution in [3.05, 3.63) is 35.9 Å². The van der Waals surface area contributed by atoms with Crippen LogP contribution < -0.4 is 5.32 Å². The Morgan fingerprint density at radius 2 is 2.05 bits per heavy atom. The minimum Gasteiger partial charge on any atom is -0.461 e. The monoisotopic (exact) mass is 261 g/mol. The highest BCUT2D eigenvalue weighted by Crippen LogP contribution is 2.13. The lowest BCUT2D eigenvalue weighted by atomic mass is 10.1. The fourth-order valence-electron chi connectivity index (χ4n) is 2.20. The van der Waals surface area contributed by atoms with Crippen molar-refractivity contribution in [2.24, 2.45) is 0 Å². The number of rotatable bonds is 4. The smallest absolute Gasteiger partial charge is 0.308 e. The topological polar surface area (TPSA) is 55.4 Å². The zero-order chi connectivity index (χ0) is 13.5. The quantitative estimate of drug-likeness (QED) is 0.845. The van der Waals surface area contributed by atoms with Gasteiger partial charge in [0.05, 0.1) is 6.42 Å². The summed E-state index contributed by atoms with van der Waals surface area (Å²) in [5.74, 6) is -0.214. The molecule has 0 saturated carbocycles. The first kappa shape index (κ1) is 13.6. The molecule has 1 fully saturated rings. The highest BCUT2D eigenvalue weighted by Gasteiger charge is 2.19. The van der Waals surface area contributed by atoms with E-state index < -0.39 is 0 Å². The Kier molecular flexibility index (Phi) is 4.95. The van der Waals surface area contributed by atoms with Gasteiger partial charge in [0.25, 0.3) is 0 Å². The van der Waals surface area contributed by atoms with Crippen LogP contribution in [0, 0.1) is 0 Å². The molecule has 102 valence electrons. The zero-order valence-electron chi connectivity index (χ0n) is 10.9. The Bertz CT molecular complexity index is 430. The summed E-state index contributed by atoms with van der Waals surface area (Å²) in [7, 11) is 0. The summed E-state index contributed by atoms with van der Waals surface area (Å²) in [5, 5.41) is 2.87. The van der Waals surface area contributed by atoms with Gasteiger partial charge in [0.2, 0.25) is 5.91 Å². The van der Waals surface area contributed by atoms with Crippen LogP contribution in [0.2, 0.25) is 0 Å². The molecular weight excluding hydrogens is 242 g/mol. The first-order valence-electron chi connectivity index (χ1n) is 6.73. The molecular formula is C15H19NO3. The third-order valence-electron chi connectivity index (χ3n) is 3.23. The van der Waals surface area contributed by atoms with Gasteiger partial charge in [-0.25, -0.2) is 0 Å². The van der Waals surface area contributed by atoms with Gasteiger partial charge in [-0.3, -0.25) is 9.59 Å². The number of amides is 1. The maximum Gasteiger partial charge on any atom is 0.308 e. The second kappa shape index (κ2) is 6.92. The molecule has 1 atom stereocenters. The van der Waals surface area contributed by atoms with Gasteiger partial charge in [-0.1, -0.05) is 36.8 Å². The van der Waals surface area contributed by atoms with Crippen LogP contribution in [0.4, 0.5) is 0 Å². The van der Waals surface area contributed by atoms with Crippen LogP contribution in [-0.4, -0.2) is 17.9 Å². The van der Waals surface area contributed by atoms with Crippen molar-refractivity contribution in [3.8, 4) is 0 Å². The predicted molar refractivity (Wildman–Crippen MR) is 71.3 cm³/mol. The third-order valence-corrected chi connectivity index (χ3v) is 3.23. The summed E-state index contributed by atoms with van der Waals surface area (Å²) in [4.78, 5) is 23.1. The van der Waals surface area contributed by atoms with Crippen LogP contribution in [0.5, 0.6) is 0 Å². The summed E-state index contributed by atoms with van der Waals surface area (Å²) in [6.45, 7) is 0.292. The first-order valence-corrected chi connectivity index (χ1v) is 6.73. The predicted octanol–water partition coefficient (Wildman–Crippen LogP) is 2.18. The Hall–Kier alpha value is -1.84.